The topological polar surface area (TPSA) is 46.3 Å². The maximum atomic E-state index is 11.5. The molecule has 0 aliphatic carbocycles. The predicted octanol–water partition coefficient (Wildman–Crippen LogP) is 1.16. The van der Waals surface area contributed by atoms with E-state index in [-0.39, 0.29) is 5.91 Å². The number of rotatable bonds is 3. The molecular formula is C9H16N2OS. The van der Waals surface area contributed by atoms with Crippen LogP contribution >= 0.6 is 11.8 Å². The van der Waals surface area contributed by atoms with Crippen LogP contribution in [0.5, 0.6) is 0 Å². The normalized spacial score (nSPS) is 18.4. The molecule has 0 spiro atoms. The highest BCUT2D eigenvalue weighted by Gasteiger charge is 2.21. The molecule has 2 N–H and O–H groups in total. The van der Waals surface area contributed by atoms with Crippen molar-refractivity contribution in [2.75, 3.05) is 18.8 Å². The lowest BCUT2D eigenvalue weighted by Gasteiger charge is -2.28. The van der Waals surface area contributed by atoms with Gasteiger partial charge in [0.15, 0.2) is 0 Å². The van der Waals surface area contributed by atoms with Crippen molar-refractivity contribution in [3.05, 3.63) is 10.6 Å². The van der Waals surface area contributed by atoms with Gasteiger partial charge >= 0.3 is 0 Å². The summed E-state index contributed by atoms with van der Waals surface area (Å²) in [5.74, 6) is 0.787. The quantitative estimate of drug-likeness (QED) is 0.743. The minimum atomic E-state index is 0.210. The second-order valence-corrected chi connectivity index (χ2v) is 4.31. The van der Waals surface area contributed by atoms with E-state index in [2.05, 4.69) is 6.92 Å². The Balaban J connectivity index is 2.67. The zero-order valence-corrected chi connectivity index (χ0v) is 8.99. The van der Waals surface area contributed by atoms with Crippen molar-refractivity contribution in [3.8, 4) is 0 Å². The van der Waals surface area contributed by atoms with Gasteiger partial charge < -0.3 is 10.6 Å². The number of nitrogens with two attached hydrogens (primary N) is 1. The zero-order valence-electron chi connectivity index (χ0n) is 8.17. The second-order valence-electron chi connectivity index (χ2n) is 3.12. The van der Waals surface area contributed by atoms with Crippen LogP contribution in [0.3, 0.4) is 0 Å². The Morgan fingerprint density at radius 2 is 2.23 bits per heavy atom. The van der Waals surface area contributed by atoms with E-state index >= 15 is 0 Å². The zero-order chi connectivity index (χ0) is 9.84. The Bertz CT molecular complexity index is 238. The first-order valence-electron chi connectivity index (χ1n) is 4.47. The largest absolute Gasteiger partial charge is 0.330 e. The Labute approximate surface area is 83.3 Å². The molecule has 0 aromatic carbocycles. The maximum absolute atomic E-state index is 11.5. The minimum absolute atomic E-state index is 0.210. The van der Waals surface area contributed by atoms with Crippen molar-refractivity contribution in [2.45, 2.75) is 20.3 Å². The van der Waals surface area contributed by atoms with E-state index in [1.54, 1.807) is 11.8 Å². The minimum Gasteiger partial charge on any atom is -0.330 e. The van der Waals surface area contributed by atoms with Crippen LogP contribution in [0.25, 0.3) is 0 Å². The van der Waals surface area contributed by atoms with Gasteiger partial charge in [-0.2, -0.15) is 0 Å². The average Bonchev–Trinajstić information content (AvgIpc) is 2.12. The molecule has 1 aliphatic rings. The molecule has 0 atom stereocenters. The molecule has 1 amide bonds. The number of nitrogens with zero attached hydrogens (tertiary/aromatic N) is 1. The van der Waals surface area contributed by atoms with Gasteiger partial charge in [-0.1, -0.05) is 0 Å². The van der Waals surface area contributed by atoms with Gasteiger partial charge in [0.1, 0.15) is 0 Å². The van der Waals surface area contributed by atoms with Gasteiger partial charge in [-0.25, -0.2) is 0 Å². The molecule has 0 fully saturated rings. The summed E-state index contributed by atoms with van der Waals surface area (Å²) in [5.41, 5.74) is 6.50. The van der Waals surface area contributed by atoms with E-state index in [0.29, 0.717) is 12.3 Å². The van der Waals surface area contributed by atoms with Crippen LogP contribution in [0.4, 0.5) is 0 Å². The number of carbonyl (C=O) groups excluding carboxylic acids is 1. The van der Waals surface area contributed by atoms with Crippen LogP contribution in [-0.4, -0.2) is 29.6 Å². The summed E-state index contributed by atoms with van der Waals surface area (Å²) in [6.45, 7) is 5.46. The molecular weight excluding hydrogens is 184 g/mol. The van der Waals surface area contributed by atoms with E-state index < -0.39 is 0 Å². The summed E-state index contributed by atoms with van der Waals surface area (Å²) in [7, 11) is 0. The molecule has 0 saturated heterocycles. The highest BCUT2D eigenvalue weighted by atomic mass is 32.2. The molecule has 4 heteroatoms. The van der Waals surface area contributed by atoms with Crippen LogP contribution in [0, 0.1) is 0 Å². The molecule has 13 heavy (non-hydrogen) atoms. The number of amides is 1. The molecule has 3 nitrogen and oxygen atoms in total. The third-order valence-corrected chi connectivity index (χ3v) is 3.33. The Hall–Kier alpha value is -0.480. The monoisotopic (exact) mass is 200 g/mol. The van der Waals surface area contributed by atoms with Crippen LogP contribution in [0.1, 0.15) is 20.3 Å². The molecule has 0 saturated carbocycles. The van der Waals surface area contributed by atoms with Crippen LogP contribution in [0.2, 0.25) is 0 Å². The first-order valence-corrected chi connectivity index (χ1v) is 5.46. The molecule has 0 bridgehead atoms. The summed E-state index contributed by atoms with van der Waals surface area (Å²) >= 11 is 1.63. The van der Waals surface area contributed by atoms with E-state index in [4.69, 9.17) is 5.73 Å². The molecule has 0 aromatic heterocycles. The number of hydrogen-bond acceptors (Lipinski definition) is 3. The first kappa shape index (κ1) is 10.6. The lowest BCUT2D eigenvalue weighted by molar-refractivity contribution is -0.126. The van der Waals surface area contributed by atoms with Crippen LogP contribution in [0.15, 0.2) is 10.6 Å². The summed E-state index contributed by atoms with van der Waals surface area (Å²) in [6.07, 6.45) is 0.876. The van der Waals surface area contributed by atoms with Crippen molar-refractivity contribution in [3.63, 3.8) is 0 Å². The smallest absolute Gasteiger partial charge is 0.237 e. The molecule has 0 unspecified atom stereocenters. The maximum Gasteiger partial charge on any atom is 0.237 e. The molecule has 0 radical (unpaired) electrons. The van der Waals surface area contributed by atoms with Crippen molar-refractivity contribution in [2.24, 2.45) is 5.73 Å². The third-order valence-electron chi connectivity index (χ3n) is 2.21. The Morgan fingerprint density at radius 3 is 2.85 bits per heavy atom. The standard InChI is InChI=1S/C9H16N2OS/c1-7-8(2)13-6-9(12)11(7)5-3-4-10/h3-6,10H2,1-2H3. The summed E-state index contributed by atoms with van der Waals surface area (Å²) < 4.78 is 0. The molecule has 1 aliphatic heterocycles. The van der Waals surface area contributed by atoms with E-state index in [1.807, 2.05) is 11.8 Å². The van der Waals surface area contributed by atoms with Gasteiger partial charge in [-0.3, -0.25) is 4.79 Å². The first-order chi connectivity index (χ1) is 6.16. The van der Waals surface area contributed by atoms with E-state index in [1.165, 1.54) is 4.91 Å². The number of hydrogen-bond donors (Lipinski definition) is 1. The highest BCUT2D eigenvalue weighted by Crippen LogP contribution is 2.27. The Morgan fingerprint density at radius 1 is 1.54 bits per heavy atom. The summed E-state index contributed by atoms with van der Waals surface area (Å²) in [4.78, 5) is 14.6. The number of thioether (sulfide) groups is 1. The van der Waals surface area contributed by atoms with Crippen LogP contribution < -0.4 is 5.73 Å². The van der Waals surface area contributed by atoms with Crippen molar-refractivity contribution < 1.29 is 4.79 Å². The molecule has 1 rings (SSSR count). The molecule has 0 aromatic rings. The average molecular weight is 200 g/mol. The second kappa shape index (κ2) is 4.67. The highest BCUT2D eigenvalue weighted by molar-refractivity contribution is 8.03. The van der Waals surface area contributed by atoms with Crippen molar-refractivity contribution in [1.82, 2.24) is 4.90 Å². The van der Waals surface area contributed by atoms with Gasteiger partial charge in [-0.15, -0.1) is 11.8 Å². The fourth-order valence-corrected chi connectivity index (χ4v) is 2.09. The third kappa shape index (κ3) is 2.48. The number of allylic oxidation sites excluding steroid dienone is 2. The summed E-state index contributed by atoms with van der Waals surface area (Å²) in [6, 6.07) is 0. The fourth-order valence-electron chi connectivity index (χ4n) is 1.27. The van der Waals surface area contributed by atoms with Crippen molar-refractivity contribution in [1.29, 1.82) is 0 Å². The van der Waals surface area contributed by atoms with Crippen molar-refractivity contribution >= 4 is 17.7 Å². The van der Waals surface area contributed by atoms with E-state index in [0.717, 1.165) is 18.7 Å². The van der Waals surface area contributed by atoms with Gasteiger partial charge in [0.25, 0.3) is 0 Å². The fraction of sp³-hybridized carbons (Fsp3) is 0.667. The van der Waals surface area contributed by atoms with Gasteiger partial charge in [0, 0.05) is 17.1 Å². The predicted molar refractivity (Wildman–Crippen MR) is 56.2 cm³/mol. The van der Waals surface area contributed by atoms with E-state index in [9.17, 15) is 4.79 Å². The van der Waals surface area contributed by atoms with Gasteiger partial charge in [0.2, 0.25) is 5.91 Å². The molecule has 1 heterocycles. The van der Waals surface area contributed by atoms with Crippen LogP contribution in [-0.2, 0) is 4.79 Å². The lowest BCUT2D eigenvalue weighted by Crippen LogP contribution is -2.35. The van der Waals surface area contributed by atoms with Gasteiger partial charge in [-0.05, 0) is 26.8 Å². The SMILES string of the molecule is CC1=C(C)N(CCCN)C(=O)CS1. The molecule has 74 valence electrons. The summed E-state index contributed by atoms with van der Waals surface area (Å²) in [5, 5.41) is 0. The Kier molecular flexibility index (Phi) is 3.81. The number of carbonyl (C=O) groups is 1. The van der Waals surface area contributed by atoms with Gasteiger partial charge in [0.05, 0.1) is 5.75 Å². The lowest BCUT2D eigenvalue weighted by atomic mass is 10.3.